The van der Waals surface area contributed by atoms with Gasteiger partial charge in [0, 0.05) is 12.6 Å². The zero-order valence-corrected chi connectivity index (χ0v) is 17.5. The molecule has 0 saturated heterocycles. The first-order valence-corrected chi connectivity index (χ1v) is 9.75. The zero-order chi connectivity index (χ0) is 21.0. The summed E-state index contributed by atoms with van der Waals surface area (Å²) in [6.07, 6.45) is -0.626. The van der Waals surface area contributed by atoms with Crippen LogP contribution in [0.2, 0.25) is 0 Å². The van der Waals surface area contributed by atoms with Crippen molar-refractivity contribution in [3.05, 3.63) is 65.5 Å². The van der Waals surface area contributed by atoms with E-state index in [-0.39, 0.29) is 12.5 Å². The second kappa shape index (κ2) is 8.90. The lowest BCUT2D eigenvalue weighted by atomic mass is 10.0. The van der Waals surface area contributed by atoms with Gasteiger partial charge in [0.25, 0.3) is 5.91 Å². The monoisotopic (exact) mass is 393 g/mol. The Morgan fingerprint density at radius 2 is 1.90 bits per heavy atom. The summed E-state index contributed by atoms with van der Waals surface area (Å²) in [6.45, 7) is 8.18. The minimum atomic E-state index is -0.626. The van der Waals surface area contributed by atoms with Crippen molar-refractivity contribution in [3.8, 4) is 17.1 Å². The summed E-state index contributed by atoms with van der Waals surface area (Å²) in [5, 5.41) is 4.03. The maximum atomic E-state index is 12.8. The highest BCUT2D eigenvalue weighted by molar-refractivity contribution is 5.80. The quantitative estimate of drug-likeness (QED) is 0.587. The summed E-state index contributed by atoms with van der Waals surface area (Å²) in [7, 11) is 1.70. The second-order valence-corrected chi connectivity index (χ2v) is 7.53. The molecule has 1 amide bonds. The van der Waals surface area contributed by atoms with E-state index in [1.807, 2.05) is 55.5 Å². The number of hydrogen-bond donors (Lipinski definition) is 0. The molecule has 152 valence electrons. The average Bonchev–Trinajstić information content (AvgIpc) is 3.16. The van der Waals surface area contributed by atoms with Crippen LogP contribution >= 0.6 is 0 Å². The fourth-order valence-electron chi connectivity index (χ4n) is 3.12. The van der Waals surface area contributed by atoms with Gasteiger partial charge in [-0.3, -0.25) is 4.79 Å². The third kappa shape index (κ3) is 5.02. The van der Waals surface area contributed by atoms with Gasteiger partial charge in [0.05, 0.1) is 6.54 Å². The summed E-state index contributed by atoms with van der Waals surface area (Å²) in [5.41, 5.74) is 3.08. The van der Waals surface area contributed by atoms with Gasteiger partial charge in [-0.05, 0) is 37.5 Å². The van der Waals surface area contributed by atoms with E-state index in [9.17, 15) is 4.79 Å². The maximum absolute atomic E-state index is 12.8. The number of hydrogen-bond acceptors (Lipinski definition) is 5. The fourth-order valence-corrected chi connectivity index (χ4v) is 3.12. The van der Waals surface area contributed by atoms with Gasteiger partial charge in [-0.25, -0.2) is 0 Å². The fraction of sp³-hybridized carbons (Fsp3) is 0.348. The summed E-state index contributed by atoms with van der Waals surface area (Å²) < 4.78 is 11.3. The Labute approximate surface area is 171 Å². The van der Waals surface area contributed by atoms with E-state index in [2.05, 4.69) is 24.0 Å². The summed E-state index contributed by atoms with van der Waals surface area (Å²) in [6, 6.07) is 15.7. The van der Waals surface area contributed by atoms with Crippen LogP contribution in [0.25, 0.3) is 11.4 Å². The van der Waals surface area contributed by atoms with E-state index in [0.717, 1.165) is 22.4 Å². The first-order valence-electron chi connectivity index (χ1n) is 9.75. The third-order valence-corrected chi connectivity index (χ3v) is 4.69. The number of ether oxygens (including phenoxy) is 1. The molecule has 0 aliphatic heterocycles. The van der Waals surface area contributed by atoms with Gasteiger partial charge >= 0.3 is 0 Å². The number of aryl methyl sites for hydroxylation is 1. The topological polar surface area (TPSA) is 68.5 Å². The smallest absolute Gasteiger partial charge is 0.263 e. The van der Waals surface area contributed by atoms with Crippen molar-refractivity contribution < 1.29 is 14.1 Å². The number of amides is 1. The lowest BCUT2D eigenvalue weighted by molar-refractivity contribution is -0.137. The minimum absolute atomic E-state index is 0.154. The Balaban J connectivity index is 1.65. The molecule has 0 N–H and O–H groups in total. The average molecular weight is 393 g/mol. The maximum Gasteiger partial charge on any atom is 0.263 e. The summed E-state index contributed by atoms with van der Waals surface area (Å²) in [4.78, 5) is 18.7. The molecule has 1 aromatic heterocycles. The van der Waals surface area contributed by atoms with Gasteiger partial charge in [0.2, 0.25) is 11.7 Å². The Morgan fingerprint density at radius 3 is 2.62 bits per heavy atom. The van der Waals surface area contributed by atoms with Crippen molar-refractivity contribution in [3.63, 3.8) is 0 Å². The van der Waals surface area contributed by atoms with Crippen LogP contribution in [-0.2, 0) is 11.3 Å². The Hall–Kier alpha value is -3.15. The second-order valence-electron chi connectivity index (χ2n) is 7.53. The molecule has 0 aliphatic carbocycles. The van der Waals surface area contributed by atoms with Gasteiger partial charge in [0.1, 0.15) is 5.75 Å². The molecule has 3 rings (SSSR count). The summed E-state index contributed by atoms with van der Waals surface area (Å²) in [5.74, 6) is 1.78. The van der Waals surface area contributed by atoms with E-state index in [0.29, 0.717) is 17.6 Å². The van der Waals surface area contributed by atoms with Crippen molar-refractivity contribution >= 4 is 5.91 Å². The molecule has 1 heterocycles. The zero-order valence-electron chi connectivity index (χ0n) is 17.5. The number of carbonyl (C=O) groups is 1. The molecule has 0 bridgehead atoms. The molecule has 6 heteroatoms. The predicted octanol–water partition coefficient (Wildman–Crippen LogP) is 4.59. The SMILES string of the molecule is Cc1cccc(-c2noc(CN(C)C(=O)[C@H](C)Oc3ccccc3C(C)C)n2)c1. The van der Waals surface area contributed by atoms with Crippen LogP contribution < -0.4 is 4.74 Å². The number of likely N-dealkylation sites (N-methyl/N-ethyl adjacent to an activating group) is 1. The van der Waals surface area contributed by atoms with Crippen LogP contribution in [0, 0.1) is 6.92 Å². The highest BCUT2D eigenvalue weighted by Gasteiger charge is 2.22. The highest BCUT2D eigenvalue weighted by Crippen LogP contribution is 2.27. The molecule has 0 fully saturated rings. The molecule has 1 atom stereocenters. The van der Waals surface area contributed by atoms with Crippen molar-refractivity contribution in [1.29, 1.82) is 0 Å². The molecule has 2 aromatic carbocycles. The molecule has 0 spiro atoms. The third-order valence-electron chi connectivity index (χ3n) is 4.69. The van der Waals surface area contributed by atoms with Gasteiger partial charge in [-0.1, -0.05) is 61.0 Å². The van der Waals surface area contributed by atoms with Crippen LogP contribution in [0.1, 0.15) is 43.7 Å². The van der Waals surface area contributed by atoms with Crippen LogP contribution in [0.5, 0.6) is 5.75 Å². The van der Waals surface area contributed by atoms with E-state index in [4.69, 9.17) is 9.26 Å². The largest absolute Gasteiger partial charge is 0.481 e. The van der Waals surface area contributed by atoms with Crippen LogP contribution in [0.3, 0.4) is 0 Å². The molecule has 3 aromatic rings. The summed E-state index contributed by atoms with van der Waals surface area (Å²) >= 11 is 0. The molecule has 6 nitrogen and oxygen atoms in total. The first-order chi connectivity index (χ1) is 13.8. The Bertz CT molecular complexity index is 981. The Morgan fingerprint density at radius 1 is 1.14 bits per heavy atom. The van der Waals surface area contributed by atoms with E-state index in [1.54, 1.807) is 14.0 Å². The van der Waals surface area contributed by atoms with Crippen molar-refractivity contribution in [2.24, 2.45) is 0 Å². The van der Waals surface area contributed by atoms with Crippen molar-refractivity contribution in [2.45, 2.75) is 46.3 Å². The lowest BCUT2D eigenvalue weighted by Crippen LogP contribution is -2.37. The van der Waals surface area contributed by atoms with Gasteiger partial charge < -0.3 is 14.2 Å². The molecular formula is C23H27N3O3. The van der Waals surface area contributed by atoms with Crippen LogP contribution in [-0.4, -0.2) is 34.1 Å². The molecule has 0 radical (unpaired) electrons. The van der Waals surface area contributed by atoms with Gasteiger partial charge in [-0.15, -0.1) is 0 Å². The van der Waals surface area contributed by atoms with E-state index >= 15 is 0 Å². The number of rotatable bonds is 7. The number of aromatic nitrogens is 2. The highest BCUT2D eigenvalue weighted by atomic mass is 16.5. The number of nitrogens with zero attached hydrogens (tertiary/aromatic N) is 3. The molecule has 0 unspecified atom stereocenters. The number of para-hydroxylation sites is 1. The number of benzene rings is 2. The van der Waals surface area contributed by atoms with Crippen LogP contribution in [0.4, 0.5) is 0 Å². The lowest BCUT2D eigenvalue weighted by Gasteiger charge is -2.22. The normalized spacial score (nSPS) is 12.1. The molecular weight excluding hydrogens is 366 g/mol. The van der Waals surface area contributed by atoms with Gasteiger partial charge in [-0.2, -0.15) is 4.98 Å². The molecule has 0 saturated carbocycles. The van der Waals surface area contributed by atoms with Crippen molar-refractivity contribution in [1.82, 2.24) is 15.0 Å². The molecule has 29 heavy (non-hydrogen) atoms. The predicted molar refractivity (Wildman–Crippen MR) is 112 cm³/mol. The molecule has 0 aliphatic rings. The standard InChI is InChI=1S/C23H27N3O3/c1-15(2)19-11-6-7-12-20(19)28-17(4)23(27)26(5)14-21-24-22(25-29-21)18-10-8-9-16(3)13-18/h6-13,15,17H,14H2,1-5H3/t17-/m0/s1. The minimum Gasteiger partial charge on any atom is -0.481 e. The Kier molecular flexibility index (Phi) is 6.32. The van der Waals surface area contributed by atoms with Gasteiger partial charge in [0.15, 0.2) is 6.10 Å². The first kappa shape index (κ1) is 20.6. The van der Waals surface area contributed by atoms with Crippen LogP contribution in [0.15, 0.2) is 53.1 Å². The van der Waals surface area contributed by atoms with Crippen molar-refractivity contribution in [2.75, 3.05) is 7.05 Å². The van der Waals surface area contributed by atoms with E-state index in [1.165, 1.54) is 4.90 Å². The number of carbonyl (C=O) groups excluding carboxylic acids is 1. The van der Waals surface area contributed by atoms with E-state index < -0.39 is 6.10 Å².